The van der Waals surface area contributed by atoms with Crippen LogP contribution in [-0.2, 0) is 5.33 Å². The summed E-state index contributed by atoms with van der Waals surface area (Å²) < 4.78 is 0. The number of halogens is 1. The van der Waals surface area contributed by atoms with Gasteiger partial charge in [-0.15, -0.1) is 0 Å². The summed E-state index contributed by atoms with van der Waals surface area (Å²) in [6.07, 6.45) is 2.31. The van der Waals surface area contributed by atoms with Gasteiger partial charge in [0.2, 0.25) is 0 Å². The van der Waals surface area contributed by atoms with Crippen LogP contribution in [0.3, 0.4) is 0 Å². The average Bonchev–Trinajstić information content (AvgIpc) is 2.82. The van der Waals surface area contributed by atoms with Crippen LogP contribution in [0.25, 0.3) is 33.2 Å². The van der Waals surface area contributed by atoms with Gasteiger partial charge in [-0.3, -0.25) is 0 Å². The molecule has 0 aromatic heterocycles. The third-order valence-corrected chi connectivity index (χ3v) is 6.21. The summed E-state index contributed by atoms with van der Waals surface area (Å²) in [7, 11) is 0. The van der Waals surface area contributed by atoms with Crippen molar-refractivity contribution in [1.29, 1.82) is 0 Å². The van der Waals surface area contributed by atoms with Crippen molar-refractivity contribution in [2.24, 2.45) is 0 Å². The van der Waals surface area contributed by atoms with E-state index in [1.54, 1.807) is 0 Å². The van der Waals surface area contributed by atoms with E-state index in [1.807, 2.05) is 0 Å². The zero-order chi connectivity index (χ0) is 20.3. The van der Waals surface area contributed by atoms with Gasteiger partial charge in [-0.2, -0.15) is 0 Å². The molecule has 30 heavy (non-hydrogen) atoms. The summed E-state index contributed by atoms with van der Waals surface area (Å²) in [4.78, 5) is 0. The molecule has 0 aliphatic carbocycles. The van der Waals surface area contributed by atoms with E-state index in [2.05, 4.69) is 131 Å². The maximum Gasteiger partial charge on any atom is 0.0283 e. The van der Waals surface area contributed by atoms with Gasteiger partial charge in [-0.05, 0) is 67.6 Å². The lowest BCUT2D eigenvalue weighted by molar-refractivity contribution is 1.42. The van der Waals surface area contributed by atoms with E-state index < -0.39 is 0 Å². The number of alkyl halides is 1. The van der Waals surface area contributed by atoms with Gasteiger partial charge < -0.3 is 0 Å². The van der Waals surface area contributed by atoms with Crippen LogP contribution >= 0.6 is 15.9 Å². The highest BCUT2D eigenvalue weighted by Gasteiger charge is 2.08. The molecule has 0 spiro atoms. The molecule has 0 heterocycles. The highest BCUT2D eigenvalue weighted by molar-refractivity contribution is 9.08. The second-order valence-electron chi connectivity index (χ2n) is 7.56. The van der Waals surface area contributed by atoms with Crippen molar-refractivity contribution in [2.45, 2.75) is 5.33 Å². The monoisotopic (exact) mass is 448 g/mol. The first-order valence-electron chi connectivity index (χ1n) is 10.2. The predicted octanol–water partition coefficient (Wildman–Crippen LogP) is 8.48. The van der Waals surface area contributed by atoms with E-state index in [9.17, 15) is 0 Å². The quantitative estimate of drug-likeness (QED) is 0.191. The highest BCUT2D eigenvalue weighted by Crippen LogP contribution is 2.30. The van der Waals surface area contributed by atoms with Crippen LogP contribution in [0.4, 0.5) is 0 Å². The average molecular weight is 449 g/mol. The van der Waals surface area contributed by atoms with Crippen LogP contribution in [0.2, 0.25) is 0 Å². The predicted molar refractivity (Wildman–Crippen MR) is 134 cm³/mol. The molecule has 5 rings (SSSR count). The molecule has 0 amide bonds. The Morgan fingerprint density at radius 2 is 1.13 bits per heavy atom. The Morgan fingerprint density at radius 3 is 1.80 bits per heavy atom. The largest absolute Gasteiger partial charge is 0.0876 e. The Kier molecular flexibility index (Phi) is 5.21. The summed E-state index contributed by atoms with van der Waals surface area (Å²) in [5, 5.41) is 5.92. The van der Waals surface area contributed by atoms with Gasteiger partial charge in [0, 0.05) is 5.33 Å². The van der Waals surface area contributed by atoms with Gasteiger partial charge in [0.15, 0.2) is 0 Å². The number of fused-ring (bicyclic) bond motifs is 2. The molecule has 0 bridgehead atoms. The fourth-order valence-electron chi connectivity index (χ4n) is 3.93. The van der Waals surface area contributed by atoms with Crippen LogP contribution in [0.1, 0.15) is 22.3 Å². The Bertz CT molecular complexity index is 1360. The van der Waals surface area contributed by atoms with Gasteiger partial charge in [0.1, 0.15) is 0 Å². The summed E-state index contributed by atoms with van der Waals surface area (Å²) >= 11 is 3.55. The fourth-order valence-corrected chi connectivity index (χ4v) is 4.30. The Labute approximate surface area is 185 Å². The van der Waals surface area contributed by atoms with Crippen molar-refractivity contribution in [3.8, 4) is 0 Å². The van der Waals surface area contributed by atoms with E-state index in [0.717, 1.165) is 5.33 Å². The van der Waals surface area contributed by atoms with Crippen molar-refractivity contribution >= 4 is 49.1 Å². The molecule has 144 valence electrons. The minimum absolute atomic E-state index is 0.868. The van der Waals surface area contributed by atoms with Gasteiger partial charge >= 0.3 is 0 Å². The molecule has 0 nitrogen and oxygen atoms in total. The maximum absolute atomic E-state index is 3.55. The summed E-state index contributed by atoms with van der Waals surface area (Å²) in [5.41, 5.74) is 6.18. The maximum atomic E-state index is 3.55. The van der Waals surface area contributed by atoms with Crippen molar-refractivity contribution in [1.82, 2.24) is 0 Å². The number of hydrogen-bond donors (Lipinski definition) is 0. The van der Waals surface area contributed by atoms with E-state index in [-0.39, 0.29) is 0 Å². The van der Waals surface area contributed by atoms with Crippen LogP contribution in [0.5, 0.6) is 0 Å². The van der Waals surface area contributed by atoms with Crippen LogP contribution in [0.15, 0.2) is 109 Å². The lowest BCUT2D eigenvalue weighted by Crippen LogP contribution is -1.90. The minimum Gasteiger partial charge on any atom is -0.0876 e. The standard InChI is InChI=1S/C29H21Br/c30-20-21-9-13-25(14-10-21)29(28-16-15-24-6-2-4-8-27(24)19-28)18-22-11-12-23-5-1-3-7-26(23)17-22/h1-19H,20H2/b29-18-. The topological polar surface area (TPSA) is 0 Å². The molecule has 0 fully saturated rings. The number of hydrogen-bond acceptors (Lipinski definition) is 0. The van der Waals surface area contributed by atoms with Gasteiger partial charge in [-0.1, -0.05) is 113 Å². The van der Waals surface area contributed by atoms with Crippen molar-refractivity contribution in [3.63, 3.8) is 0 Å². The minimum atomic E-state index is 0.868. The molecule has 5 aromatic rings. The lowest BCUT2D eigenvalue weighted by atomic mass is 9.93. The first-order valence-corrected chi connectivity index (χ1v) is 11.3. The van der Waals surface area contributed by atoms with Gasteiger partial charge in [0.05, 0.1) is 0 Å². The molecule has 0 saturated carbocycles. The molecule has 0 N–H and O–H groups in total. The first kappa shape index (κ1) is 18.8. The van der Waals surface area contributed by atoms with Crippen LogP contribution in [0, 0.1) is 0 Å². The Balaban J connectivity index is 1.68. The molecule has 5 aromatic carbocycles. The van der Waals surface area contributed by atoms with Crippen molar-refractivity contribution in [2.75, 3.05) is 0 Å². The van der Waals surface area contributed by atoms with Gasteiger partial charge in [0.25, 0.3) is 0 Å². The highest BCUT2D eigenvalue weighted by atomic mass is 79.9. The molecule has 0 aliphatic rings. The molecule has 0 aliphatic heterocycles. The second kappa shape index (κ2) is 8.30. The Morgan fingerprint density at radius 1 is 0.567 bits per heavy atom. The van der Waals surface area contributed by atoms with Crippen LogP contribution < -0.4 is 0 Å². The van der Waals surface area contributed by atoms with Crippen molar-refractivity contribution in [3.05, 3.63) is 131 Å². The number of benzene rings is 5. The van der Waals surface area contributed by atoms with E-state index in [1.165, 1.54) is 49.4 Å². The molecule has 0 unspecified atom stereocenters. The first-order chi connectivity index (χ1) is 14.8. The van der Waals surface area contributed by atoms with Gasteiger partial charge in [-0.25, -0.2) is 0 Å². The Hall–Kier alpha value is -3.16. The molecule has 0 atom stereocenters. The molecular formula is C29H21Br. The fraction of sp³-hybridized carbons (Fsp3) is 0.0345. The van der Waals surface area contributed by atoms with E-state index >= 15 is 0 Å². The zero-order valence-corrected chi connectivity index (χ0v) is 18.1. The molecule has 0 radical (unpaired) electrons. The van der Waals surface area contributed by atoms with E-state index in [4.69, 9.17) is 0 Å². The summed E-state index contributed by atoms with van der Waals surface area (Å²) in [6, 6.07) is 39.3. The zero-order valence-electron chi connectivity index (χ0n) is 16.6. The van der Waals surface area contributed by atoms with E-state index in [0.29, 0.717) is 0 Å². The van der Waals surface area contributed by atoms with Crippen molar-refractivity contribution < 1.29 is 0 Å². The number of rotatable bonds is 4. The lowest BCUT2D eigenvalue weighted by Gasteiger charge is -2.12. The van der Waals surface area contributed by atoms with Crippen LogP contribution in [-0.4, -0.2) is 0 Å². The molecular weight excluding hydrogens is 428 g/mol. The second-order valence-corrected chi connectivity index (χ2v) is 8.12. The smallest absolute Gasteiger partial charge is 0.0283 e. The summed E-state index contributed by atoms with van der Waals surface area (Å²) in [6.45, 7) is 0. The SMILES string of the molecule is BrCc1ccc(/C(=C/c2ccc3ccccc3c2)c2ccc3ccccc3c2)cc1. The molecule has 0 saturated heterocycles. The third kappa shape index (κ3) is 3.81. The molecule has 1 heteroatoms. The normalized spacial score (nSPS) is 11.8. The third-order valence-electron chi connectivity index (χ3n) is 5.56. The summed E-state index contributed by atoms with van der Waals surface area (Å²) in [5.74, 6) is 0.